The number of halogens is 4. The first-order chi connectivity index (χ1) is 32.5. The van der Waals surface area contributed by atoms with E-state index in [4.69, 9.17) is 46.9 Å². The molecule has 0 bridgehead atoms. The van der Waals surface area contributed by atoms with Gasteiger partial charge in [0.25, 0.3) is 0 Å². The van der Waals surface area contributed by atoms with E-state index in [1.165, 1.54) is 31.1 Å². The minimum Gasteiger partial charge on any atom is -0.468 e. The number of β-amino-alcohol motifs (C(OH)–C–C–N with tert-alkyl or cyclic N) is 1. The number of ether oxygens (including phenoxy) is 7. The Balaban J connectivity index is 0.000000360. The van der Waals surface area contributed by atoms with Crippen molar-refractivity contribution in [3.8, 4) is 0 Å². The predicted molar refractivity (Wildman–Crippen MR) is 264 cm³/mol. The molecule has 6 atom stereocenters. The van der Waals surface area contributed by atoms with Crippen LogP contribution in [0.3, 0.4) is 0 Å². The minimum atomic E-state index is -0.839. The fraction of sp³-hybridized carbons (Fsp3) is 0.596. The minimum absolute atomic E-state index is 0. The van der Waals surface area contributed by atoms with Crippen molar-refractivity contribution in [2.24, 2.45) is 0 Å². The zero-order valence-electron chi connectivity index (χ0n) is 41.4. The molecule has 0 aromatic heterocycles. The molecular weight excluding hydrogens is 1020 g/mol. The van der Waals surface area contributed by atoms with Gasteiger partial charge >= 0.3 is 42.3 Å². The van der Waals surface area contributed by atoms with Gasteiger partial charge < -0.3 is 43.6 Å². The lowest BCUT2D eigenvalue weighted by Crippen LogP contribution is -2.44. The first kappa shape index (κ1) is 62.1. The van der Waals surface area contributed by atoms with Gasteiger partial charge in [0.1, 0.15) is 41.5 Å². The standard InChI is InChI=1S/C20H26N2O6.C15H18N2O4.C11H19NO5.CH2Cl2.2ClH/c1-20(2,3)28-19(25)22-12-15(9-16(22)17(23)26-4)27-18(24)21-10-13-7-5-6-8-14(13)11-21;1-20-14(18)13-6-12(7-16-13)21-15(19)17-8-10-4-2-3-5-11(10)9-17;1-11(2,3)17-10(15)12-6-7(13)5-8(12)9(14)16-4;2-1-3;;/h5-8,15-16H,9-12H2,1-4H3;2-5,12-13,16H,6-9H2,1H3;7-8,13H,5-6H2,1-4H3;1H2;2*1H/t15-,16+;12-,13+;7-,8+;;;/m111.../s1. The maximum Gasteiger partial charge on any atom is 0.411 e. The summed E-state index contributed by atoms with van der Waals surface area (Å²) in [6.07, 6.45) is -2.81. The normalized spacial score (nSPS) is 21.6. The van der Waals surface area contributed by atoms with Crippen LogP contribution in [-0.2, 0) is 73.7 Å². The molecular formula is C47H67Cl4N5O15. The Labute approximate surface area is 436 Å². The topological polar surface area (TPSA) is 229 Å². The van der Waals surface area contributed by atoms with Crippen LogP contribution in [-0.4, -0.2) is 161 Å². The Kier molecular flexibility index (Phi) is 24.8. The predicted octanol–water partition coefficient (Wildman–Crippen LogP) is 6.53. The van der Waals surface area contributed by atoms with Crippen molar-refractivity contribution in [2.75, 3.05) is 46.3 Å². The lowest BCUT2D eigenvalue weighted by Gasteiger charge is -2.27. The van der Waals surface area contributed by atoms with E-state index in [2.05, 4.69) is 14.8 Å². The second-order valence-corrected chi connectivity index (χ2v) is 19.4. The highest BCUT2D eigenvalue weighted by Gasteiger charge is 2.45. The first-order valence-electron chi connectivity index (χ1n) is 22.3. The number of fused-ring (bicyclic) bond motifs is 2. The maximum absolute atomic E-state index is 12.6. The van der Waals surface area contributed by atoms with Crippen LogP contribution in [0.2, 0.25) is 0 Å². The van der Waals surface area contributed by atoms with Crippen molar-refractivity contribution in [2.45, 2.75) is 135 Å². The molecule has 5 aliphatic rings. The van der Waals surface area contributed by atoms with Crippen LogP contribution in [0, 0.1) is 0 Å². The molecule has 2 aromatic carbocycles. The zero-order valence-corrected chi connectivity index (χ0v) is 44.5. The number of aliphatic hydroxyl groups is 1. The number of benzene rings is 2. The number of rotatable bonds is 5. The quantitative estimate of drug-likeness (QED) is 0.184. The molecule has 7 rings (SSSR count). The van der Waals surface area contributed by atoms with Gasteiger partial charge in [-0.2, -0.15) is 0 Å². The van der Waals surface area contributed by atoms with Gasteiger partial charge in [0, 0.05) is 52.0 Å². The highest BCUT2D eigenvalue weighted by molar-refractivity contribution is 6.40. The molecule has 0 radical (unpaired) electrons. The average molecular weight is 1080 g/mol. The SMILES string of the molecule is COC(=O)[C@@H]1C[C@@H](O)CN1C(=O)OC(C)(C)C.COC(=O)[C@@H]1C[C@@H](OC(=O)N2Cc3ccccc3C2)CN1.COC(=O)[C@@H]1C[C@@H](OC(=O)N2Cc3ccccc3C2)CN1C(=O)OC(C)(C)C.Cl.Cl.ClCCl. The van der Waals surface area contributed by atoms with Crippen molar-refractivity contribution in [1.29, 1.82) is 0 Å². The van der Waals surface area contributed by atoms with Gasteiger partial charge in [0.05, 0.1) is 45.9 Å². The molecule has 2 aromatic rings. The molecule has 71 heavy (non-hydrogen) atoms. The lowest BCUT2D eigenvalue weighted by molar-refractivity contribution is -0.146. The van der Waals surface area contributed by atoms with E-state index in [1.807, 2.05) is 48.5 Å². The van der Waals surface area contributed by atoms with E-state index >= 15 is 0 Å². The second kappa shape index (κ2) is 28.3. The number of carbonyl (C=O) groups is 7. The van der Waals surface area contributed by atoms with E-state index in [0.717, 1.165) is 22.3 Å². The molecule has 20 nitrogen and oxygen atoms in total. The molecule has 0 saturated carbocycles. The van der Waals surface area contributed by atoms with Crippen LogP contribution in [0.25, 0.3) is 0 Å². The largest absolute Gasteiger partial charge is 0.468 e. The molecule has 5 heterocycles. The molecule has 0 unspecified atom stereocenters. The number of hydrogen-bond acceptors (Lipinski definition) is 16. The van der Waals surface area contributed by atoms with Crippen molar-refractivity contribution in [3.05, 3.63) is 70.8 Å². The summed E-state index contributed by atoms with van der Waals surface area (Å²) < 4.78 is 35.7. The molecule has 398 valence electrons. The Morgan fingerprint density at radius 1 is 0.577 bits per heavy atom. The summed E-state index contributed by atoms with van der Waals surface area (Å²) in [4.78, 5) is 89.8. The molecule has 0 aliphatic carbocycles. The number of amides is 4. The number of alkyl halides is 2. The van der Waals surface area contributed by atoms with E-state index in [9.17, 15) is 38.7 Å². The van der Waals surface area contributed by atoms with Crippen LogP contribution in [0.15, 0.2) is 48.5 Å². The highest BCUT2D eigenvalue weighted by Crippen LogP contribution is 2.29. The third-order valence-electron chi connectivity index (χ3n) is 11.1. The average Bonchev–Trinajstić information content (AvgIpc) is 4.15. The third kappa shape index (κ3) is 18.5. The fourth-order valence-electron chi connectivity index (χ4n) is 7.93. The number of aliphatic hydroxyl groups excluding tert-OH is 1. The van der Waals surface area contributed by atoms with Gasteiger partial charge in [-0.15, -0.1) is 48.0 Å². The van der Waals surface area contributed by atoms with Crippen LogP contribution in [0.5, 0.6) is 0 Å². The fourth-order valence-corrected chi connectivity index (χ4v) is 7.93. The zero-order chi connectivity index (χ0) is 51.2. The molecule has 2 N–H and O–H groups in total. The van der Waals surface area contributed by atoms with Crippen LogP contribution >= 0.6 is 48.0 Å². The first-order valence-corrected chi connectivity index (χ1v) is 23.4. The number of likely N-dealkylation sites (tertiary alicyclic amines) is 2. The summed E-state index contributed by atoms with van der Waals surface area (Å²) in [7, 11) is 3.86. The number of nitrogens with zero attached hydrogens (tertiary/aromatic N) is 4. The maximum atomic E-state index is 12.6. The summed E-state index contributed by atoms with van der Waals surface area (Å²) in [5, 5.41) is 12.7. The summed E-state index contributed by atoms with van der Waals surface area (Å²) in [5.74, 6) is -1.41. The van der Waals surface area contributed by atoms with Crippen LogP contribution < -0.4 is 5.32 Å². The van der Waals surface area contributed by atoms with Crippen molar-refractivity contribution in [3.63, 3.8) is 0 Å². The molecule has 3 fully saturated rings. The third-order valence-corrected chi connectivity index (χ3v) is 11.1. The number of esters is 3. The van der Waals surface area contributed by atoms with E-state index in [0.29, 0.717) is 39.1 Å². The monoisotopic (exact) mass is 1080 g/mol. The van der Waals surface area contributed by atoms with E-state index in [1.54, 1.807) is 51.3 Å². The van der Waals surface area contributed by atoms with Gasteiger partial charge in [0.15, 0.2) is 0 Å². The van der Waals surface area contributed by atoms with Gasteiger partial charge in [-0.25, -0.2) is 28.8 Å². The van der Waals surface area contributed by atoms with Gasteiger partial charge in [0.2, 0.25) is 0 Å². The van der Waals surface area contributed by atoms with Crippen molar-refractivity contribution < 1.29 is 71.8 Å². The van der Waals surface area contributed by atoms with Gasteiger partial charge in [-0.3, -0.25) is 24.4 Å². The second-order valence-electron chi connectivity index (χ2n) is 18.6. The van der Waals surface area contributed by atoms with Crippen LogP contribution in [0.1, 0.15) is 83.1 Å². The summed E-state index contributed by atoms with van der Waals surface area (Å²) in [5.41, 5.74) is 3.17. The Hall–Kier alpha value is -4.99. The van der Waals surface area contributed by atoms with Gasteiger partial charge in [-0.1, -0.05) is 48.5 Å². The number of carbonyl (C=O) groups excluding carboxylic acids is 7. The lowest BCUT2D eigenvalue weighted by atomic mass is 10.1. The summed E-state index contributed by atoms with van der Waals surface area (Å²) in [6.45, 7) is 13.2. The van der Waals surface area contributed by atoms with E-state index < -0.39 is 65.7 Å². The molecule has 3 saturated heterocycles. The Morgan fingerprint density at radius 3 is 1.32 bits per heavy atom. The molecule has 0 spiro atoms. The molecule has 4 amide bonds. The summed E-state index contributed by atoms with van der Waals surface area (Å²) in [6, 6.07) is 13.8. The Bertz CT molecular complexity index is 2080. The smallest absolute Gasteiger partial charge is 0.411 e. The number of hydrogen-bond donors (Lipinski definition) is 2. The molecule has 5 aliphatic heterocycles. The number of methoxy groups -OCH3 is 3. The Morgan fingerprint density at radius 2 is 0.944 bits per heavy atom. The van der Waals surface area contributed by atoms with E-state index in [-0.39, 0.29) is 80.3 Å². The number of nitrogens with one attached hydrogen (secondary N) is 1. The highest BCUT2D eigenvalue weighted by atomic mass is 35.5. The van der Waals surface area contributed by atoms with Crippen molar-refractivity contribution >= 4 is 90.3 Å². The van der Waals surface area contributed by atoms with Gasteiger partial charge in [-0.05, 0) is 63.8 Å². The van der Waals surface area contributed by atoms with Crippen LogP contribution in [0.4, 0.5) is 19.2 Å². The molecule has 24 heteroatoms. The van der Waals surface area contributed by atoms with Crippen molar-refractivity contribution in [1.82, 2.24) is 24.9 Å². The summed E-state index contributed by atoms with van der Waals surface area (Å²) >= 11 is 9.53.